The van der Waals surface area contributed by atoms with E-state index in [1.165, 1.54) is 0 Å². The molecular weight excluding hydrogens is 194 g/mol. The van der Waals surface area contributed by atoms with E-state index >= 15 is 0 Å². The quantitative estimate of drug-likeness (QED) is 0.597. The summed E-state index contributed by atoms with van der Waals surface area (Å²) in [5, 5.41) is 21.0. The molecule has 0 radical (unpaired) electrons. The van der Waals surface area contributed by atoms with Gasteiger partial charge in [0.25, 0.3) is 0 Å². The van der Waals surface area contributed by atoms with Crippen LogP contribution in [0.4, 0.5) is 0 Å². The Hall–Kier alpha value is -0.610. The first-order valence-electron chi connectivity index (χ1n) is 5.39. The van der Waals surface area contributed by atoms with Gasteiger partial charge in [0, 0.05) is 19.2 Å². The van der Waals surface area contributed by atoms with E-state index in [0.29, 0.717) is 18.9 Å². The van der Waals surface area contributed by atoms with Crippen LogP contribution in [0.25, 0.3) is 0 Å². The average molecular weight is 217 g/mol. The molecule has 0 aromatic heterocycles. The summed E-state index contributed by atoms with van der Waals surface area (Å²) in [6.45, 7) is 8.05. The molecule has 3 N–H and O–H groups in total. The highest BCUT2D eigenvalue weighted by Gasteiger charge is 2.28. The van der Waals surface area contributed by atoms with E-state index in [4.69, 9.17) is 10.2 Å². The van der Waals surface area contributed by atoms with Gasteiger partial charge in [-0.3, -0.25) is 4.79 Å². The summed E-state index contributed by atoms with van der Waals surface area (Å²) in [5.41, 5.74) is -0.761. The third-order valence-corrected chi connectivity index (χ3v) is 2.63. The first kappa shape index (κ1) is 14.4. The predicted octanol–water partition coefficient (Wildman–Crippen LogP) is 1.09. The van der Waals surface area contributed by atoms with Gasteiger partial charge in [-0.05, 0) is 26.2 Å². The smallest absolute Gasteiger partial charge is 0.310 e. The van der Waals surface area contributed by atoms with Crippen LogP contribution in [-0.2, 0) is 4.79 Å². The molecule has 0 aliphatic carbocycles. The Balaban J connectivity index is 4.15. The van der Waals surface area contributed by atoms with Gasteiger partial charge >= 0.3 is 5.97 Å². The van der Waals surface area contributed by atoms with Gasteiger partial charge in [0.2, 0.25) is 0 Å². The number of aliphatic hydroxyl groups excluding tert-OH is 1. The highest BCUT2D eigenvalue weighted by molar-refractivity contribution is 5.73. The van der Waals surface area contributed by atoms with E-state index in [9.17, 15) is 4.79 Å². The fourth-order valence-electron chi connectivity index (χ4n) is 1.27. The van der Waals surface area contributed by atoms with Crippen LogP contribution < -0.4 is 5.32 Å². The second-order valence-corrected chi connectivity index (χ2v) is 4.93. The summed E-state index contributed by atoms with van der Waals surface area (Å²) >= 11 is 0. The number of carboxylic acid groups (broad SMARTS) is 1. The molecule has 90 valence electrons. The van der Waals surface area contributed by atoms with Gasteiger partial charge in [-0.15, -0.1) is 0 Å². The Kier molecular flexibility index (Phi) is 5.83. The van der Waals surface area contributed by atoms with Gasteiger partial charge in [-0.25, -0.2) is 0 Å². The topological polar surface area (TPSA) is 69.6 Å². The van der Waals surface area contributed by atoms with Gasteiger partial charge in [-0.2, -0.15) is 0 Å². The van der Waals surface area contributed by atoms with Gasteiger partial charge in [0.1, 0.15) is 0 Å². The minimum Gasteiger partial charge on any atom is -0.481 e. The Labute approximate surface area is 91.7 Å². The van der Waals surface area contributed by atoms with Crippen molar-refractivity contribution in [2.24, 2.45) is 11.3 Å². The molecule has 0 rings (SSSR count). The van der Waals surface area contributed by atoms with Crippen LogP contribution in [0.2, 0.25) is 0 Å². The van der Waals surface area contributed by atoms with E-state index in [1.54, 1.807) is 13.8 Å². The number of hydrogen-bond acceptors (Lipinski definition) is 3. The van der Waals surface area contributed by atoms with E-state index in [0.717, 1.165) is 0 Å². The van der Waals surface area contributed by atoms with Crippen molar-refractivity contribution in [3.63, 3.8) is 0 Å². The lowest BCUT2D eigenvalue weighted by Gasteiger charge is -2.27. The minimum absolute atomic E-state index is 0.128. The van der Waals surface area contributed by atoms with Crippen LogP contribution in [0, 0.1) is 11.3 Å². The molecule has 0 saturated carbocycles. The number of hydrogen-bond donors (Lipinski definition) is 3. The van der Waals surface area contributed by atoms with Crippen LogP contribution in [0.1, 0.15) is 34.1 Å². The van der Waals surface area contributed by atoms with E-state index in [1.807, 2.05) is 0 Å². The minimum atomic E-state index is -0.804. The van der Waals surface area contributed by atoms with Gasteiger partial charge < -0.3 is 15.5 Å². The maximum atomic E-state index is 10.9. The van der Waals surface area contributed by atoms with Crippen molar-refractivity contribution in [1.82, 2.24) is 5.32 Å². The molecule has 1 unspecified atom stereocenters. The van der Waals surface area contributed by atoms with Crippen molar-refractivity contribution in [3.8, 4) is 0 Å². The molecule has 0 heterocycles. The normalized spacial score (nSPS) is 14.3. The lowest BCUT2D eigenvalue weighted by molar-refractivity contribution is -0.146. The summed E-state index contributed by atoms with van der Waals surface area (Å²) in [6.07, 6.45) is 0.660. The summed E-state index contributed by atoms with van der Waals surface area (Å²) < 4.78 is 0. The lowest BCUT2D eigenvalue weighted by atomic mass is 9.92. The van der Waals surface area contributed by atoms with E-state index in [-0.39, 0.29) is 12.6 Å². The van der Waals surface area contributed by atoms with Crippen LogP contribution in [-0.4, -0.2) is 35.4 Å². The van der Waals surface area contributed by atoms with E-state index < -0.39 is 11.4 Å². The molecule has 0 aromatic rings. The van der Waals surface area contributed by atoms with Crippen molar-refractivity contribution in [2.75, 3.05) is 13.2 Å². The van der Waals surface area contributed by atoms with Crippen LogP contribution in [0.5, 0.6) is 0 Å². The monoisotopic (exact) mass is 217 g/mol. The van der Waals surface area contributed by atoms with Gasteiger partial charge in [0.05, 0.1) is 5.41 Å². The molecular formula is C11H23NO3. The fourth-order valence-corrected chi connectivity index (χ4v) is 1.27. The van der Waals surface area contributed by atoms with Gasteiger partial charge in [0.15, 0.2) is 0 Å². The summed E-state index contributed by atoms with van der Waals surface area (Å²) in [5.74, 6) is -0.414. The highest BCUT2D eigenvalue weighted by Crippen LogP contribution is 2.15. The molecule has 0 saturated heterocycles. The van der Waals surface area contributed by atoms with Crippen molar-refractivity contribution < 1.29 is 15.0 Å². The first-order chi connectivity index (χ1) is 6.81. The molecule has 0 spiro atoms. The number of aliphatic hydroxyl groups is 1. The van der Waals surface area contributed by atoms with Crippen LogP contribution in [0.15, 0.2) is 0 Å². The zero-order valence-corrected chi connectivity index (χ0v) is 10.1. The zero-order valence-electron chi connectivity index (χ0n) is 10.1. The van der Waals surface area contributed by atoms with Crippen LogP contribution >= 0.6 is 0 Å². The largest absolute Gasteiger partial charge is 0.481 e. The average Bonchev–Trinajstić information content (AvgIpc) is 2.11. The first-order valence-corrected chi connectivity index (χ1v) is 5.39. The predicted molar refractivity (Wildman–Crippen MR) is 59.7 cm³/mol. The zero-order chi connectivity index (χ0) is 12.1. The number of carbonyl (C=O) groups is 1. The molecule has 4 heteroatoms. The molecule has 0 fully saturated rings. The second kappa shape index (κ2) is 6.08. The number of aliphatic carboxylic acids is 1. The second-order valence-electron chi connectivity index (χ2n) is 4.93. The molecule has 0 aliphatic rings. The van der Waals surface area contributed by atoms with Crippen molar-refractivity contribution in [1.29, 1.82) is 0 Å². The van der Waals surface area contributed by atoms with Gasteiger partial charge in [-0.1, -0.05) is 13.8 Å². The Morgan fingerprint density at radius 3 is 2.27 bits per heavy atom. The number of rotatable bonds is 7. The van der Waals surface area contributed by atoms with Crippen molar-refractivity contribution in [2.45, 2.75) is 40.2 Å². The lowest BCUT2D eigenvalue weighted by Crippen LogP contribution is -2.43. The van der Waals surface area contributed by atoms with Crippen LogP contribution in [0.3, 0.4) is 0 Å². The molecule has 0 amide bonds. The highest BCUT2D eigenvalue weighted by atomic mass is 16.4. The standard InChI is InChI=1S/C11H23NO3/c1-8(2)9(5-6-13)12-7-11(3,4)10(14)15/h8-9,12-13H,5-7H2,1-4H3,(H,14,15). The Morgan fingerprint density at radius 1 is 1.40 bits per heavy atom. The van der Waals surface area contributed by atoms with E-state index in [2.05, 4.69) is 19.2 Å². The molecule has 15 heavy (non-hydrogen) atoms. The maximum Gasteiger partial charge on any atom is 0.310 e. The number of carboxylic acids is 1. The maximum absolute atomic E-state index is 10.9. The summed E-state index contributed by atoms with van der Waals surface area (Å²) in [4.78, 5) is 10.9. The van der Waals surface area contributed by atoms with Crippen molar-refractivity contribution in [3.05, 3.63) is 0 Å². The summed E-state index contributed by atoms with van der Waals surface area (Å²) in [6, 6.07) is 0.175. The summed E-state index contributed by atoms with van der Waals surface area (Å²) in [7, 11) is 0. The molecule has 0 aliphatic heterocycles. The fraction of sp³-hybridized carbons (Fsp3) is 0.909. The Morgan fingerprint density at radius 2 is 1.93 bits per heavy atom. The van der Waals surface area contributed by atoms with Crippen molar-refractivity contribution >= 4 is 5.97 Å². The third-order valence-electron chi connectivity index (χ3n) is 2.63. The molecule has 0 bridgehead atoms. The molecule has 0 aromatic carbocycles. The molecule has 4 nitrogen and oxygen atoms in total. The third kappa shape index (κ3) is 5.14. The number of nitrogens with one attached hydrogen (secondary N) is 1. The Bertz CT molecular complexity index is 202. The SMILES string of the molecule is CC(C)C(CCO)NCC(C)(C)C(=O)O. The molecule has 1 atom stereocenters.